The molecular formula is C34H21F7IrNO2-. The summed E-state index contributed by atoms with van der Waals surface area (Å²) in [6.45, 7) is 0. The summed E-state index contributed by atoms with van der Waals surface area (Å²) in [7, 11) is 0. The number of hydrogen-bond donors (Lipinski definition) is 1. The van der Waals surface area contributed by atoms with E-state index >= 15 is 0 Å². The Morgan fingerprint density at radius 2 is 1.47 bits per heavy atom. The van der Waals surface area contributed by atoms with Crippen molar-refractivity contribution in [3.8, 4) is 22.4 Å². The summed E-state index contributed by atoms with van der Waals surface area (Å²) in [4.78, 5) is 14.6. The van der Waals surface area contributed by atoms with Crippen molar-refractivity contribution < 1.29 is 60.7 Å². The number of carbonyl (C=O) groups excluding carboxylic acids is 1. The monoisotopic (exact) mass is 801 g/mol. The predicted octanol–water partition coefficient (Wildman–Crippen LogP) is 8.98. The van der Waals surface area contributed by atoms with Gasteiger partial charge >= 0.3 is 12.4 Å². The number of halogens is 7. The van der Waals surface area contributed by atoms with Crippen LogP contribution in [0.25, 0.3) is 43.9 Å². The Labute approximate surface area is 265 Å². The van der Waals surface area contributed by atoms with Gasteiger partial charge < -0.3 is 10.1 Å². The van der Waals surface area contributed by atoms with Gasteiger partial charge in [0.25, 0.3) is 5.78 Å². The molecule has 3 nitrogen and oxygen atoms in total. The molecule has 0 aliphatic heterocycles. The number of aryl methyl sites for hydroxylation is 4. The van der Waals surface area contributed by atoms with Crippen molar-refractivity contribution in [2.75, 3.05) is 0 Å². The van der Waals surface area contributed by atoms with Gasteiger partial charge in [0, 0.05) is 37.8 Å². The molecule has 0 atom stereocenters. The molecule has 11 heteroatoms. The van der Waals surface area contributed by atoms with Gasteiger partial charge in [-0.25, -0.2) is 4.39 Å². The van der Waals surface area contributed by atoms with E-state index in [1.807, 2.05) is 18.2 Å². The summed E-state index contributed by atoms with van der Waals surface area (Å²) >= 11 is 0. The Morgan fingerprint density at radius 3 is 2.16 bits per heavy atom. The van der Waals surface area contributed by atoms with Crippen molar-refractivity contribution in [1.29, 1.82) is 0 Å². The number of nitrogens with zero attached hydrogens (tertiary/aromatic N) is 1. The van der Waals surface area contributed by atoms with Crippen LogP contribution in [0.2, 0.25) is 0 Å². The summed E-state index contributed by atoms with van der Waals surface area (Å²) in [5.74, 6) is -5.52. The Hall–Kier alpha value is -4.08. The zero-order valence-corrected chi connectivity index (χ0v) is 25.4. The van der Waals surface area contributed by atoms with Crippen LogP contribution in [0.15, 0.2) is 78.7 Å². The maximum absolute atomic E-state index is 14.7. The Bertz CT molecular complexity index is 1950. The van der Waals surface area contributed by atoms with Crippen molar-refractivity contribution in [3.05, 3.63) is 113 Å². The van der Waals surface area contributed by atoms with Crippen molar-refractivity contribution >= 4 is 27.3 Å². The smallest absolute Gasteiger partial charge is 0.454 e. The first-order chi connectivity index (χ1) is 20.8. The van der Waals surface area contributed by atoms with Crippen LogP contribution < -0.4 is 0 Å². The quantitative estimate of drug-likeness (QED) is 0.0638. The fourth-order valence-electron chi connectivity index (χ4n) is 5.94. The molecule has 2 aliphatic rings. The zero-order valence-electron chi connectivity index (χ0n) is 23.0. The molecule has 0 unspecified atom stereocenters. The van der Waals surface area contributed by atoms with Crippen molar-refractivity contribution in [2.24, 2.45) is 0 Å². The topological polar surface area (TPSA) is 50.2 Å². The second-order valence-electron chi connectivity index (χ2n) is 10.6. The Balaban J connectivity index is 0.000000246. The molecule has 5 aromatic rings. The predicted molar refractivity (Wildman–Crippen MR) is 152 cm³/mol. The molecule has 0 fully saturated rings. The van der Waals surface area contributed by atoms with Gasteiger partial charge in [-0.3, -0.25) is 4.79 Å². The largest absolute Gasteiger partial charge is 0.504 e. The molecule has 0 saturated carbocycles. The minimum Gasteiger partial charge on any atom is -0.504 e. The number of alkyl halides is 6. The number of aromatic nitrogens is 1. The first-order valence-corrected chi connectivity index (χ1v) is 13.6. The van der Waals surface area contributed by atoms with Gasteiger partial charge in [-0.05, 0) is 70.8 Å². The molecule has 4 aromatic carbocycles. The molecule has 2 aliphatic carbocycles. The van der Waals surface area contributed by atoms with Gasteiger partial charge in [0.2, 0.25) is 5.76 Å². The van der Waals surface area contributed by atoms with Crippen molar-refractivity contribution in [2.45, 2.75) is 38.0 Å². The third kappa shape index (κ3) is 6.11. The van der Waals surface area contributed by atoms with E-state index in [2.05, 4.69) is 36.4 Å². The summed E-state index contributed by atoms with van der Waals surface area (Å²) < 4.78 is 82.8. The first-order valence-electron chi connectivity index (χ1n) is 13.6. The molecule has 45 heavy (non-hydrogen) atoms. The van der Waals surface area contributed by atoms with Gasteiger partial charge in [-0.15, -0.1) is 28.8 Å². The Kier molecular flexibility index (Phi) is 8.63. The van der Waals surface area contributed by atoms with E-state index in [-0.39, 0.29) is 25.9 Å². The number of benzene rings is 4. The standard InChI is InChI=1S/C29H19FN.C5H2F6O2.Ir/c30-25-6-2-5-19-11-12-24-23(28(19)25)13-14-31-29(24)22-15-20-9-7-17-3-1-4-18-8-10-21(16-22)27(20)26(17)18;6-4(7,8)2(12)1-3(13)5(9,10)11;/h1-6,11-15H,7-10H2;1,12H;/q-1;;/b;2-1-;. The fourth-order valence-corrected chi connectivity index (χ4v) is 5.94. The average Bonchev–Trinajstić information content (AvgIpc) is 2.98. The third-order valence-electron chi connectivity index (χ3n) is 7.85. The molecule has 7 rings (SSSR count). The number of ketones is 1. The van der Waals surface area contributed by atoms with Gasteiger partial charge in [0.05, 0.1) is 0 Å². The van der Waals surface area contributed by atoms with Crippen LogP contribution in [0.1, 0.15) is 22.3 Å². The molecule has 1 aromatic heterocycles. The minimum atomic E-state index is -5.42. The summed E-state index contributed by atoms with van der Waals surface area (Å²) in [6.07, 6.45) is -5.68. The summed E-state index contributed by atoms with van der Waals surface area (Å²) in [5.41, 5.74) is 10.4. The van der Waals surface area contributed by atoms with Crippen LogP contribution in [0.3, 0.4) is 0 Å². The number of aliphatic hydroxyl groups is 1. The molecule has 0 bridgehead atoms. The average molecular weight is 801 g/mol. The van der Waals surface area contributed by atoms with E-state index in [0.29, 0.717) is 5.39 Å². The minimum absolute atomic E-state index is 0. The SMILES string of the molecule is Fc1cccc2ccc3c(-c4[c-]c5c6c(c4)CCc4cccc(c4-6)CC5)nccc3c12.O=C(/C=C(\O)C(F)(F)F)C(F)(F)F.[Ir]. The number of carbonyl (C=O) groups is 1. The normalized spacial score (nSPS) is 13.9. The van der Waals surface area contributed by atoms with E-state index in [0.717, 1.165) is 53.1 Å². The number of rotatable bonds is 2. The molecule has 0 spiro atoms. The van der Waals surface area contributed by atoms with Gasteiger partial charge in [0.1, 0.15) is 5.82 Å². The van der Waals surface area contributed by atoms with Gasteiger partial charge in [-0.2, -0.15) is 26.3 Å². The second kappa shape index (κ2) is 12.0. The third-order valence-corrected chi connectivity index (χ3v) is 7.85. The molecule has 1 radical (unpaired) electrons. The summed E-state index contributed by atoms with van der Waals surface area (Å²) in [6, 6.07) is 24.0. The number of hydrogen-bond acceptors (Lipinski definition) is 3. The van der Waals surface area contributed by atoms with Crippen LogP contribution >= 0.6 is 0 Å². The second-order valence-corrected chi connectivity index (χ2v) is 10.6. The first kappa shape index (κ1) is 32.3. The van der Waals surface area contributed by atoms with Crippen LogP contribution in [0, 0.1) is 11.9 Å². The van der Waals surface area contributed by atoms with Gasteiger partial charge in [-0.1, -0.05) is 53.6 Å². The molecule has 0 amide bonds. The molecule has 1 heterocycles. The van der Waals surface area contributed by atoms with E-state index in [1.165, 1.54) is 39.4 Å². The maximum Gasteiger partial charge on any atom is 0.454 e. The fraction of sp³-hybridized carbons (Fsp3) is 0.176. The number of fused-ring (bicyclic) bond motifs is 3. The maximum atomic E-state index is 14.7. The Morgan fingerprint density at radius 1 is 0.800 bits per heavy atom. The van der Waals surface area contributed by atoms with Crippen molar-refractivity contribution in [1.82, 2.24) is 4.98 Å². The van der Waals surface area contributed by atoms with Crippen LogP contribution in [-0.2, 0) is 50.6 Å². The number of aliphatic hydroxyl groups excluding tert-OH is 1. The van der Waals surface area contributed by atoms with E-state index in [1.54, 1.807) is 12.3 Å². The van der Waals surface area contributed by atoms with Crippen LogP contribution in [-0.4, -0.2) is 28.2 Å². The molecule has 233 valence electrons. The number of pyridine rings is 1. The molecule has 1 N–H and O–H groups in total. The van der Waals surface area contributed by atoms with Crippen molar-refractivity contribution in [3.63, 3.8) is 0 Å². The van der Waals surface area contributed by atoms with Crippen LogP contribution in [0.5, 0.6) is 0 Å². The molecule has 0 saturated heterocycles. The number of allylic oxidation sites excluding steroid dienone is 2. The van der Waals surface area contributed by atoms with E-state index < -0.39 is 30.0 Å². The molecular weight excluding hydrogens is 780 g/mol. The zero-order chi connectivity index (χ0) is 31.4. The van der Waals surface area contributed by atoms with E-state index in [9.17, 15) is 35.5 Å². The summed E-state index contributed by atoms with van der Waals surface area (Å²) in [5, 5.41) is 11.4. The van der Waals surface area contributed by atoms with Crippen LogP contribution in [0.4, 0.5) is 30.7 Å². The van der Waals surface area contributed by atoms with Gasteiger partial charge in [0.15, 0.2) is 0 Å². The van der Waals surface area contributed by atoms with E-state index in [4.69, 9.17) is 10.1 Å².